The van der Waals surface area contributed by atoms with E-state index in [2.05, 4.69) is 37.1 Å². The molecule has 0 spiro atoms. The first kappa shape index (κ1) is 23.0. The highest BCUT2D eigenvalue weighted by atomic mass is 32.2. The minimum absolute atomic E-state index is 0.213. The molecule has 1 aromatic rings. The number of carbonyl (C=O) groups excluding carboxylic acids is 2. The number of amides is 1. The van der Waals surface area contributed by atoms with Crippen LogP contribution in [0.2, 0.25) is 0 Å². The molecule has 1 aromatic carbocycles. The quantitative estimate of drug-likeness (QED) is 0.212. The zero-order valence-electron chi connectivity index (χ0n) is 17.7. The van der Waals surface area contributed by atoms with Gasteiger partial charge in [0.15, 0.2) is 5.17 Å². The minimum Gasteiger partial charge on any atom is -0.493 e. The van der Waals surface area contributed by atoms with Crippen LogP contribution in [0.1, 0.15) is 12.0 Å². The Morgan fingerprint density at radius 2 is 2.03 bits per heavy atom. The number of likely N-dealkylation sites (N-methyl/N-ethyl adjacent to an activating group) is 1. The maximum absolute atomic E-state index is 11.8. The van der Waals surface area contributed by atoms with Crippen molar-refractivity contribution in [2.45, 2.75) is 6.42 Å². The summed E-state index contributed by atoms with van der Waals surface area (Å²) < 4.78 is 10.5. The monoisotopic (exact) mass is 445 g/mol. The number of para-hydroxylation sites is 1. The van der Waals surface area contributed by atoms with Crippen LogP contribution < -0.4 is 10.1 Å². The van der Waals surface area contributed by atoms with Crippen LogP contribution in [0.4, 0.5) is 0 Å². The molecule has 2 fully saturated rings. The van der Waals surface area contributed by atoms with Crippen LogP contribution in [-0.2, 0) is 14.3 Å². The molecule has 2 heterocycles. The summed E-state index contributed by atoms with van der Waals surface area (Å²) >= 11 is 1.03. The Bertz CT molecular complexity index is 878. The number of rotatable bonds is 8. The van der Waals surface area contributed by atoms with Gasteiger partial charge in [-0.15, -0.1) is 5.10 Å². The summed E-state index contributed by atoms with van der Waals surface area (Å²) in [6.45, 7) is 6.08. The normalized spacial score (nSPS) is 20.5. The Morgan fingerprint density at radius 1 is 1.26 bits per heavy atom. The molecule has 1 amide bonds. The van der Waals surface area contributed by atoms with Gasteiger partial charge in [0.1, 0.15) is 5.75 Å². The fourth-order valence-corrected chi connectivity index (χ4v) is 3.78. The van der Waals surface area contributed by atoms with E-state index in [-0.39, 0.29) is 4.91 Å². The van der Waals surface area contributed by atoms with Gasteiger partial charge in [-0.05, 0) is 37.4 Å². The third-order valence-electron chi connectivity index (χ3n) is 4.84. The third-order valence-corrected chi connectivity index (χ3v) is 5.74. The first-order valence-electron chi connectivity index (χ1n) is 10.1. The highest BCUT2D eigenvalue weighted by molar-refractivity contribution is 8.18. The second kappa shape index (κ2) is 11.6. The van der Waals surface area contributed by atoms with Crippen molar-refractivity contribution >= 4 is 35.0 Å². The van der Waals surface area contributed by atoms with E-state index < -0.39 is 11.9 Å². The summed E-state index contributed by atoms with van der Waals surface area (Å²) in [7, 11) is 3.41. The number of carbonyl (C=O) groups is 2. The molecular formula is C21H27N5O4S. The third kappa shape index (κ3) is 7.20. The Morgan fingerprint density at radius 3 is 2.81 bits per heavy atom. The molecule has 9 nitrogen and oxygen atoms in total. The maximum atomic E-state index is 11.8. The fraction of sp³-hybridized carbons (Fsp3) is 0.429. The molecule has 3 rings (SSSR count). The molecule has 10 heteroatoms. The summed E-state index contributed by atoms with van der Waals surface area (Å²) in [5.74, 6) is -0.270. The van der Waals surface area contributed by atoms with Crippen molar-refractivity contribution in [3.05, 3.63) is 40.8 Å². The smallest absolute Gasteiger partial charge is 0.331 e. The summed E-state index contributed by atoms with van der Waals surface area (Å²) in [6, 6.07) is 7.60. The molecule has 0 saturated carbocycles. The average Bonchev–Trinajstić information content (AvgIpc) is 3.12. The highest BCUT2D eigenvalue weighted by Gasteiger charge is 2.25. The Labute approximate surface area is 186 Å². The predicted molar refractivity (Wildman–Crippen MR) is 121 cm³/mol. The zero-order chi connectivity index (χ0) is 22.1. The van der Waals surface area contributed by atoms with Gasteiger partial charge in [0.05, 0.1) is 24.8 Å². The minimum atomic E-state index is -0.596. The number of amidine groups is 1. The molecular weight excluding hydrogens is 418 g/mol. The molecule has 0 unspecified atom stereocenters. The molecule has 0 aromatic heterocycles. The lowest BCUT2D eigenvalue weighted by atomic mass is 10.2. The number of nitrogens with one attached hydrogen (secondary N) is 1. The first-order chi connectivity index (χ1) is 15.0. The summed E-state index contributed by atoms with van der Waals surface area (Å²) in [5.41, 5.74) is 0.797. The summed E-state index contributed by atoms with van der Waals surface area (Å²) in [6.07, 6.45) is 3.66. The molecule has 2 aliphatic rings. The van der Waals surface area contributed by atoms with E-state index in [0.29, 0.717) is 11.8 Å². The van der Waals surface area contributed by atoms with E-state index in [0.717, 1.165) is 68.3 Å². The summed E-state index contributed by atoms with van der Waals surface area (Å²) in [4.78, 5) is 28.1. The number of piperazine rings is 1. The van der Waals surface area contributed by atoms with Gasteiger partial charge in [0.25, 0.3) is 5.91 Å². The number of hydrogen-bond acceptors (Lipinski definition) is 9. The van der Waals surface area contributed by atoms with Gasteiger partial charge < -0.3 is 19.3 Å². The van der Waals surface area contributed by atoms with Gasteiger partial charge in [-0.25, -0.2) is 4.79 Å². The predicted octanol–water partition coefficient (Wildman–Crippen LogP) is 1.31. The van der Waals surface area contributed by atoms with Gasteiger partial charge in [0, 0.05) is 44.4 Å². The molecule has 1 N–H and O–H groups in total. The number of methoxy groups -OCH3 is 1. The van der Waals surface area contributed by atoms with E-state index in [9.17, 15) is 9.59 Å². The average molecular weight is 446 g/mol. The van der Waals surface area contributed by atoms with Crippen molar-refractivity contribution in [1.82, 2.24) is 15.1 Å². The van der Waals surface area contributed by atoms with Crippen molar-refractivity contribution in [3.8, 4) is 5.75 Å². The SMILES string of the molecule is COC(=O)/C=C1/S/C(=N\N=Cc2ccccc2OCCCN2CCN(C)CC2)NC1=O. The molecule has 2 aliphatic heterocycles. The highest BCUT2D eigenvalue weighted by Crippen LogP contribution is 2.23. The second-order valence-corrected chi connectivity index (χ2v) is 8.15. The number of hydrogen-bond donors (Lipinski definition) is 1. The molecule has 0 radical (unpaired) electrons. The van der Waals surface area contributed by atoms with Crippen molar-refractivity contribution in [1.29, 1.82) is 0 Å². The van der Waals surface area contributed by atoms with Crippen LogP contribution in [-0.4, -0.2) is 86.5 Å². The van der Waals surface area contributed by atoms with Crippen LogP contribution in [0.15, 0.2) is 45.4 Å². The standard InChI is InChI=1S/C21H27N5O4S/c1-25-9-11-26(12-10-25)8-5-13-30-17-7-4-3-6-16(17)15-22-24-21-23-20(28)18(31-21)14-19(27)29-2/h3-4,6-7,14-15H,5,8-13H2,1-2H3,(H,23,24,28)/b18-14+,22-15?. The molecule has 0 aliphatic carbocycles. The van der Waals surface area contributed by atoms with Gasteiger partial charge >= 0.3 is 5.97 Å². The lowest BCUT2D eigenvalue weighted by Crippen LogP contribution is -2.44. The molecule has 31 heavy (non-hydrogen) atoms. The van der Waals surface area contributed by atoms with Crippen molar-refractivity contribution in [2.24, 2.45) is 10.2 Å². The number of benzene rings is 1. The van der Waals surface area contributed by atoms with Crippen molar-refractivity contribution in [3.63, 3.8) is 0 Å². The lowest BCUT2D eigenvalue weighted by Gasteiger charge is -2.32. The Hall–Kier alpha value is -2.69. The van der Waals surface area contributed by atoms with Gasteiger partial charge in [0.2, 0.25) is 0 Å². The maximum Gasteiger partial charge on any atom is 0.331 e. The van der Waals surface area contributed by atoms with E-state index in [1.165, 1.54) is 7.11 Å². The second-order valence-electron chi connectivity index (χ2n) is 7.12. The van der Waals surface area contributed by atoms with Gasteiger partial charge in [-0.2, -0.15) is 5.10 Å². The molecule has 0 bridgehead atoms. The van der Waals surface area contributed by atoms with E-state index >= 15 is 0 Å². The van der Waals surface area contributed by atoms with Gasteiger partial charge in [-0.3, -0.25) is 10.1 Å². The van der Waals surface area contributed by atoms with Crippen molar-refractivity contribution in [2.75, 3.05) is 53.5 Å². The summed E-state index contributed by atoms with van der Waals surface area (Å²) in [5, 5.41) is 10.9. The number of esters is 1. The van der Waals surface area contributed by atoms with Crippen LogP contribution in [0, 0.1) is 0 Å². The van der Waals surface area contributed by atoms with E-state index in [4.69, 9.17) is 4.74 Å². The fourth-order valence-electron chi connectivity index (χ4n) is 3.05. The molecule has 166 valence electrons. The van der Waals surface area contributed by atoms with Crippen molar-refractivity contribution < 1.29 is 19.1 Å². The number of ether oxygens (including phenoxy) is 2. The van der Waals surface area contributed by atoms with Crippen LogP contribution in [0.3, 0.4) is 0 Å². The number of nitrogens with zero attached hydrogens (tertiary/aromatic N) is 4. The molecule has 0 atom stereocenters. The Balaban J connectivity index is 1.50. The zero-order valence-corrected chi connectivity index (χ0v) is 18.6. The van der Waals surface area contributed by atoms with Crippen LogP contribution in [0.25, 0.3) is 0 Å². The van der Waals surface area contributed by atoms with Crippen LogP contribution >= 0.6 is 11.8 Å². The lowest BCUT2D eigenvalue weighted by molar-refractivity contribution is -0.135. The molecule has 2 saturated heterocycles. The topological polar surface area (TPSA) is 95.8 Å². The van der Waals surface area contributed by atoms with Crippen LogP contribution in [0.5, 0.6) is 5.75 Å². The Kier molecular flexibility index (Phi) is 8.63. The number of thioether (sulfide) groups is 1. The van der Waals surface area contributed by atoms with E-state index in [1.807, 2.05) is 24.3 Å². The van der Waals surface area contributed by atoms with Gasteiger partial charge in [-0.1, -0.05) is 12.1 Å². The first-order valence-corrected chi connectivity index (χ1v) is 10.9. The van der Waals surface area contributed by atoms with E-state index in [1.54, 1.807) is 6.21 Å². The largest absolute Gasteiger partial charge is 0.493 e.